The molecule has 0 saturated heterocycles. The van der Waals surface area contributed by atoms with Crippen LogP contribution in [0.15, 0.2) is 35.5 Å². The summed E-state index contributed by atoms with van der Waals surface area (Å²) < 4.78 is 6.22. The highest BCUT2D eigenvalue weighted by atomic mass is 16.5. The van der Waals surface area contributed by atoms with Crippen LogP contribution in [0.2, 0.25) is 0 Å². The second kappa shape index (κ2) is 8.29. The van der Waals surface area contributed by atoms with Gasteiger partial charge in [0.15, 0.2) is 5.78 Å². The second-order valence-corrected chi connectivity index (χ2v) is 7.72. The number of hydrogen-bond donors (Lipinski definition) is 0. The van der Waals surface area contributed by atoms with Crippen LogP contribution in [0.3, 0.4) is 0 Å². The van der Waals surface area contributed by atoms with Gasteiger partial charge >= 0.3 is 0 Å². The number of rotatable bonds is 7. The summed E-state index contributed by atoms with van der Waals surface area (Å²) in [4.78, 5) is 12.4. The minimum absolute atomic E-state index is 0.0119. The topological polar surface area (TPSA) is 26.3 Å². The standard InChI is InChI=1S/C22H32O2/c1-3-4-5-6-7-8-9-13-21-16(2)14-19-18-12-10-11-17(18)15-20(23)22(19)24-21/h9,13-15,18-19,21-22H,3-8,10-12H2,1-2H3/b13-9+/t18-,19+,21+,22+/m0/s1. The van der Waals surface area contributed by atoms with Gasteiger partial charge in [0.2, 0.25) is 0 Å². The number of hydrogen-bond acceptors (Lipinski definition) is 2. The minimum Gasteiger partial charge on any atom is -0.358 e. The van der Waals surface area contributed by atoms with Crippen LogP contribution in [0, 0.1) is 11.8 Å². The molecule has 0 spiro atoms. The van der Waals surface area contributed by atoms with Gasteiger partial charge in [0.1, 0.15) is 6.10 Å². The number of carbonyl (C=O) groups excluding carboxylic acids is 1. The monoisotopic (exact) mass is 328 g/mol. The van der Waals surface area contributed by atoms with E-state index in [-0.39, 0.29) is 23.9 Å². The Bertz CT molecular complexity index is 540. The van der Waals surface area contributed by atoms with E-state index in [9.17, 15) is 4.79 Å². The van der Waals surface area contributed by atoms with Gasteiger partial charge in [-0.25, -0.2) is 0 Å². The third-order valence-electron chi connectivity index (χ3n) is 5.86. The molecule has 1 heterocycles. The smallest absolute Gasteiger partial charge is 0.185 e. The normalized spacial score (nSPS) is 32.5. The van der Waals surface area contributed by atoms with Crippen molar-refractivity contribution in [1.82, 2.24) is 0 Å². The van der Waals surface area contributed by atoms with E-state index in [2.05, 4.69) is 32.1 Å². The molecule has 2 heteroatoms. The average Bonchev–Trinajstić information content (AvgIpc) is 3.03. The maximum absolute atomic E-state index is 12.4. The summed E-state index contributed by atoms with van der Waals surface area (Å²) in [5, 5.41) is 0. The highest BCUT2D eigenvalue weighted by molar-refractivity contribution is 5.96. The van der Waals surface area contributed by atoms with Gasteiger partial charge in [0.05, 0.1) is 6.10 Å². The summed E-state index contributed by atoms with van der Waals surface area (Å²) in [6, 6.07) is 0. The molecule has 0 unspecified atom stereocenters. The Morgan fingerprint density at radius 3 is 2.92 bits per heavy atom. The molecule has 1 aliphatic heterocycles. The van der Waals surface area contributed by atoms with Gasteiger partial charge in [-0.15, -0.1) is 0 Å². The molecule has 132 valence electrons. The van der Waals surface area contributed by atoms with E-state index in [0.29, 0.717) is 5.92 Å². The Labute approximate surface area is 147 Å². The fourth-order valence-corrected chi connectivity index (χ4v) is 4.49. The molecule has 0 N–H and O–H groups in total. The molecule has 0 aromatic rings. The first-order valence-corrected chi connectivity index (χ1v) is 9.95. The minimum atomic E-state index is -0.250. The fourth-order valence-electron chi connectivity index (χ4n) is 4.49. The van der Waals surface area contributed by atoms with Crippen molar-refractivity contribution in [2.45, 2.75) is 83.8 Å². The van der Waals surface area contributed by atoms with E-state index < -0.39 is 0 Å². The Morgan fingerprint density at radius 1 is 1.25 bits per heavy atom. The van der Waals surface area contributed by atoms with Crippen molar-refractivity contribution >= 4 is 5.78 Å². The van der Waals surface area contributed by atoms with Crippen molar-refractivity contribution in [3.8, 4) is 0 Å². The number of unbranched alkanes of at least 4 members (excludes halogenated alkanes) is 5. The maximum Gasteiger partial charge on any atom is 0.185 e. The quantitative estimate of drug-likeness (QED) is 0.453. The summed E-state index contributed by atoms with van der Waals surface area (Å²) in [6.45, 7) is 4.41. The lowest BCUT2D eigenvalue weighted by atomic mass is 9.75. The molecule has 0 radical (unpaired) electrons. The molecule has 1 fully saturated rings. The number of allylic oxidation sites excluding steroid dienone is 2. The molecule has 1 saturated carbocycles. The van der Waals surface area contributed by atoms with E-state index in [0.717, 1.165) is 12.8 Å². The Morgan fingerprint density at radius 2 is 2.08 bits per heavy atom. The molecular formula is C22H32O2. The fraction of sp³-hybridized carbons (Fsp3) is 0.682. The van der Waals surface area contributed by atoms with Gasteiger partial charge < -0.3 is 4.74 Å². The third kappa shape index (κ3) is 3.91. The maximum atomic E-state index is 12.4. The van der Waals surface area contributed by atoms with Gasteiger partial charge in [-0.1, -0.05) is 56.4 Å². The van der Waals surface area contributed by atoms with Crippen LogP contribution >= 0.6 is 0 Å². The molecule has 2 nitrogen and oxygen atoms in total. The lowest BCUT2D eigenvalue weighted by Gasteiger charge is -2.39. The Hall–Kier alpha value is -1.15. The summed E-state index contributed by atoms with van der Waals surface area (Å²) >= 11 is 0. The number of ketones is 1. The highest BCUT2D eigenvalue weighted by Gasteiger charge is 2.43. The summed E-state index contributed by atoms with van der Waals surface area (Å²) in [7, 11) is 0. The van der Waals surface area contributed by atoms with Gasteiger partial charge in [-0.3, -0.25) is 4.79 Å². The van der Waals surface area contributed by atoms with E-state index in [1.807, 2.05) is 6.08 Å². The predicted molar refractivity (Wildman–Crippen MR) is 98.9 cm³/mol. The van der Waals surface area contributed by atoms with Crippen LogP contribution in [0.25, 0.3) is 0 Å². The van der Waals surface area contributed by atoms with Crippen molar-refractivity contribution in [1.29, 1.82) is 0 Å². The van der Waals surface area contributed by atoms with Crippen LogP contribution < -0.4 is 0 Å². The number of carbonyl (C=O) groups is 1. The number of fused-ring (bicyclic) bond motifs is 3. The molecule has 3 rings (SSSR count). The zero-order chi connectivity index (χ0) is 16.9. The van der Waals surface area contributed by atoms with Crippen LogP contribution in [-0.4, -0.2) is 18.0 Å². The second-order valence-electron chi connectivity index (χ2n) is 7.72. The molecule has 24 heavy (non-hydrogen) atoms. The SMILES string of the molecule is CCCCCCC/C=C/[C@H]1O[C@H]2C(=O)C=C3CCC[C@@H]3[C@H]2C=C1C. The molecule has 0 aromatic heterocycles. The molecule has 0 aromatic carbocycles. The van der Waals surface area contributed by atoms with Crippen molar-refractivity contribution < 1.29 is 9.53 Å². The Kier molecular flexibility index (Phi) is 6.10. The van der Waals surface area contributed by atoms with Crippen molar-refractivity contribution in [2.24, 2.45) is 11.8 Å². The Balaban J connectivity index is 1.56. The first-order valence-electron chi connectivity index (χ1n) is 9.95. The summed E-state index contributed by atoms with van der Waals surface area (Å²) in [5.41, 5.74) is 2.65. The lowest BCUT2D eigenvalue weighted by molar-refractivity contribution is -0.133. The van der Waals surface area contributed by atoms with Crippen LogP contribution in [-0.2, 0) is 9.53 Å². The van der Waals surface area contributed by atoms with Crippen molar-refractivity contribution in [3.05, 3.63) is 35.5 Å². The van der Waals surface area contributed by atoms with Crippen LogP contribution in [0.4, 0.5) is 0 Å². The zero-order valence-corrected chi connectivity index (χ0v) is 15.3. The largest absolute Gasteiger partial charge is 0.358 e. The van der Waals surface area contributed by atoms with Crippen LogP contribution in [0.1, 0.15) is 71.6 Å². The van der Waals surface area contributed by atoms with Gasteiger partial charge in [-0.05, 0) is 56.6 Å². The first-order chi connectivity index (χ1) is 11.7. The predicted octanol–water partition coefficient (Wildman–Crippen LogP) is 5.54. The molecular weight excluding hydrogens is 296 g/mol. The van der Waals surface area contributed by atoms with E-state index in [1.54, 1.807) is 0 Å². The molecule has 4 atom stereocenters. The molecule has 0 amide bonds. The average molecular weight is 328 g/mol. The molecule has 2 aliphatic carbocycles. The lowest BCUT2D eigenvalue weighted by Crippen LogP contribution is -2.43. The van der Waals surface area contributed by atoms with Crippen molar-refractivity contribution in [2.75, 3.05) is 0 Å². The van der Waals surface area contributed by atoms with Crippen molar-refractivity contribution in [3.63, 3.8) is 0 Å². The summed E-state index contributed by atoms with van der Waals surface area (Å²) in [6.07, 6.45) is 19.6. The zero-order valence-electron chi connectivity index (χ0n) is 15.3. The van der Waals surface area contributed by atoms with Gasteiger partial charge in [0.25, 0.3) is 0 Å². The van der Waals surface area contributed by atoms with Crippen LogP contribution in [0.5, 0.6) is 0 Å². The van der Waals surface area contributed by atoms with E-state index >= 15 is 0 Å². The third-order valence-corrected chi connectivity index (χ3v) is 5.86. The summed E-state index contributed by atoms with van der Waals surface area (Å²) in [5.74, 6) is 1.01. The highest BCUT2D eigenvalue weighted by Crippen LogP contribution is 2.45. The van der Waals surface area contributed by atoms with Gasteiger partial charge in [0, 0.05) is 5.92 Å². The van der Waals surface area contributed by atoms with E-state index in [4.69, 9.17) is 4.74 Å². The number of ether oxygens (including phenoxy) is 1. The van der Waals surface area contributed by atoms with Gasteiger partial charge in [-0.2, -0.15) is 0 Å². The molecule has 0 bridgehead atoms. The van der Waals surface area contributed by atoms with E-state index in [1.165, 1.54) is 56.1 Å². The molecule has 3 aliphatic rings. The first kappa shape index (κ1) is 17.7.